The van der Waals surface area contributed by atoms with E-state index in [4.69, 9.17) is 11.6 Å². The Morgan fingerprint density at radius 3 is 2.64 bits per heavy atom. The van der Waals surface area contributed by atoms with Gasteiger partial charge in [0.05, 0.1) is 5.02 Å². The number of phenolic OH excluding ortho intramolecular Hbond substituents is 1. The molecule has 0 aliphatic rings. The molecule has 1 rings (SSSR count). The second-order valence-electron chi connectivity index (χ2n) is 3.60. The molecule has 0 heterocycles. The van der Waals surface area contributed by atoms with Crippen LogP contribution in [0.4, 0.5) is 0 Å². The summed E-state index contributed by atoms with van der Waals surface area (Å²) in [6.45, 7) is 2.21. The molecule has 1 aromatic rings. The maximum absolute atomic E-state index is 9.22. The van der Waals surface area contributed by atoms with Crippen LogP contribution >= 0.6 is 11.6 Å². The summed E-state index contributed by atoms with van der Waals surface area (Å²) in [5.41, 5.74) is 1.21. The Balaban J connectivity index is 2.39. The maximum atomic E-state index is 9.22. The smallest absolute Gasteiger partial charge is 0.134 e. The summed E-state index contributed by atoms with van der Waals surface area (Å²) in [4.78, 5) is 0. The van der Waals surface area contributed by atoms with Crippen LogP contribution in [0.5, 0.6) is 5.75 Å². The van der Waals surface area contributed by atoms with Crippen molar-refractivity contribution < 1.29 is 5.11 Å². The topological polar surface area (TPSA) is 20.2 Å². The lowest BCUT2D eigenvalue weighted by molar-refractivity contribution is 0.475. The quantitative estimate of drug-likeness (QED) is 0.727. The van der Waals surface area contributed by atoms with Gasteiger partial charge in [-0.25, -0.2) is 0 Å². The van der Waals surface area contributed by atoms with Crippen LogP contribution in [-0.4, -0.2) is 5.11 Å². The highest BCUT2D eigenvalue weighted by Crippen LogP contribution is 2.24. The molecule has 0 fully saturated rings. The number of aromatic hydroxyl groups is 1. The molecule has 0 unspecified atom stereocenters. The molecule has 1 N–H and O–H groups in total. The number of benzene rings is 1. The average Bonchev–Trinajstić information content (AvgIpc) is 2.18. The lowest BCUT2D eigenvalue weighted by atomic mass is 10.1. The molecule has 1 nitrogen and oxygen atoms in total. The van der Waals surface area contributed by atoms with E-state index < -0.39 is 0 Å². The monoisotopic (exact) mass is 212 g/mol. The second kappa shape index (κ2) is 5.92. The molecule has 0 aromatic heterocycles. The molecule has 0 saturated carbocycles. The highest BCUT2D eigenvalue weighted by Gasteiger charge is 1.99. The Morgan fingerprint density at radius 1 is 1.21 bits per heavy atom. The van der Waals surface area contributed by atoms with Gasteiger partial charge in [-0.05, 0) is 30.5 Å². The van der Waals surface area contributed by atoms with E-state index in [-0.39, 0.29) is 5.75 Å². The summed E-state index contributed by atoms with van der Waals surface area (Å²) in [5.74, 6) is 0.170. The minimum Gasteiger partial charge on any atom is -0.506 e. The number of hydrogen-bond donors (Lipinski definition) is 1. The van der Waals surface area contributed by atoms with Crippen molar-refractivity contribution >= 4 is 11.6 Å². The van der Waals surface area contributed by atoms with Crippen molar-refractivity contribution in [1.82, 2.24) is 0 Å². The SMILES string of the molecule is CCCCCCc1ccc(O)c(Cl)c1. The van der Waals surface area contributed by atoms with Crippen LogP contribution in [0.25, 0.3) is 0 Å². The summed E-state index contributed by atoms with van der Waals surface area (Å²) in [7, 11) is 0. The van der Waals surface area contributed by atoms with Crippen molar-refractivity contribution in [2.75, 3.05) is 0 Å². The van der Waals surface area contributed by atoms with Gasteiger partial charge in [0.1, 0.15) is 5.75 Å². The van der Waals surface area contributed by atoms with E-state index in [0.717, 1.165) is 6.42 Å². The molecule has 2 heteroatoms. The third-order valence-electron chi connectivity index (χ3n) is 2.33. The summed E-state index contributed by atoms with van der Waals surface area (Å²) >= 11 is 5.80. The van der Waals surface area contributed by atoms with E-state index in [9.17, 15) is 5.11 Å². The molecule has 0 amide bonds. The van der Waals surface area contributed by atoms with Crippen LogP contribution in [0, 0.1) is 0 Å². The van der Waals surface area contributed by atoms with Gasteiger partial charge in [0, 0.05) is 0 Å². The Labute approximate surface area is 90.7 Å². The maximum Gasteiger partial charge on any atom is 0.134 e. The predicted octanol–water partition coefficient (Wildman–Crippen LogP) is 4.17. The molecule has 0 saturated heterocycles. The van der Waals surface area contributed by atoms with Crippen LogP contribution in [0.2, 0.25) is 5.02 Å². The average molecular weight is 213 g/mol. The lowest BCUT2D eigenvalue weighted by Crippen LogP contribution is -1.85. The molecule has 0 aliphatic heterocycles. The van der Waals surface area contributed by atoms with E-state index in [1.165, 1.54) is 31.2 Å². The van der Waals surface area contributed by atoms with Crippen molar-refractivity contribution in [2.24, 2.45) is 0 Å². The molecule has 78 valence electrons. The Hall–Kier alpha value is -0.690. The molecule has 14 heavy (non-hydrogen) atoms. The first kappa shape index (κ1) is 11.4. The number of unbranched alkanes of at least 4 members (excludes halogenated alkanes) is 3. The largest absolute Gasteiger partial charge is 0.506 e. The van der Waals surface area contributed by atoms with Gasteiger partial charge >= 0.3 is 0 Å². The number of phenols is 1. The van der Waals surface area contributed by atoms with E-state index >= 15 is 0 Å². The van der Waals surface area contributed by atoms with Crippen LogP contribution in [0.3, 0.4) is 0 Å². The molecular formula is C12H17ClO. The normalized spacial score (nSPS) is 10.4. The fourth-order valence-corrected chi connectivity index (χ4v) is 1.66. The van der Waals surface area contributed by atoms with Gasteiger partial charge in [-0.3, -0.25) is 0 Å². The standard InChI is InChI=1S/C12H17ClO/c1-2-3-4-5-6-10-7-8-12(14)11(13)9-10/h7-9,14H,2-6H2,1H3. The Morgan fingerprint density at radius 2 is 2.00 bits per heavy atom. The first-order valence-corrected chi connectivity index (χ1v) is 5.59. The van der Waals surface area contributed by atoms with Crippen molar-refractivity contribution in [3.63, 3.8) is 0 Å². The summed E-state index contributed by atoms with van der Waals surface area (Å²) in [6.07, 6.45) is 6.09. The number of hydrogen-bond acceptors (Lipinski definition) is 1. The molecule has 0 radical (unpaired) electrons. The van der Waals surface area contributed by atoms with Gasteiger partial charge in [0.2, 0.25) is 0 Å². The second-order valence-corrected chi connectivity index (χ2v) is 4.00. The number of halogens is 1. The third kappa shape index (κ3) is 3.59. The van der Waals surface area contributed by atoms with E-state index in [0.29, 0.717) is 5.02 Å². The lowest BCUT2D eigenvalue weighted by Gasteiger charge is -2.02. The van der Waals surface area contributed by atoms with Crippen molar-refractivity contribution in [2.45, 2.75) is 39.0 Å². The summed E-state index contributed by atoms with van der Waals surface area (Å²) in [5, 5.41) is 9.68. The highest BCUT2D eigenvalue weighted by molar-refractivity contribution is 6.32. The van der Waals surface area contributed by atoms with Gasteiger partial charge in [-0.1, -0.05) is 43.9 Å². The first-order valence-electron chi connectivity index (χ1n) is 5.21. The third-order valence-corrected chi connectivity index (χ3v) is 2.63. The van der Waals surface area contributed by atoms with E-state index in [2.05, 4.69) is 6.92 Å². The molecule has 0 aliphatic carbocycles. The van der Waals surface area contributed by atoms with Crippen LogP contribution in [0.15, 0.2) is 18.2 Å². The summed E-state index contributed by atoms with van der Waals surface area (Å²) in [6, 6.07) is 5.45. The minimum absolute atomic E-state index is 0.170. The zero-order valence-corrected chi connectivity index (χ0v) is 9.35. The molecule has 0 atom stereocenters. The van der Waals surface area contributed by atoms with Crippen molar-refractivity contribution in [1.29, 1.82) is 0 Å². The highest BCUT2D eigenvalue weighted by atomic mass is 35.5. The van der Waals surface area contributed by atoms with Crippen LogP contribution < -0.4 is 0 Å². The fraction of sp³-hybridized carbons (Fsp3) is 0.500. The Kier molecular flexibility index (Phi) is 4.81. The van der Waals surface area contributed by atoms with Gasteiger partial charge < -0.3 is 5.11 Å². The fourth-order valence-electron chi connectivity index (χ4n) is 1.46. The Bertz CT molecular complexity index is 284. The van der Waals surface area contributed by atoms with Gasteiger partial charge in [0.15, 0.2) is 0 Å². The van der Waals surface area contributed by atoms with Crippen molar-refractivity contribution in [3.05, 3.63) is 28.8 Å². The minimum atomic E-state index is 0.170. The van der Waals surface area contributed by atoms with Crippen molar-refractivity contribution in [3.8, 4) is 5.75 Å². The predicted molar refractivity (Wildman–Crippen MR) is 61.0 cm³/mol. The molecular weight excluding hydrogens is 196 g/mol. The van der Waals surface area contributed by atoms with Gasteiger partial charge in [0.25, 0.3) is 0 Å². The van der Waals surface area contributed by atoms with Crippen LogP contribution in [-0.2, 0) is 6.42 Å². The summed E-state index contributed by atoms with van der Waals surface area (Å²) < 4.78 is 0. The van der Waals surface area contributed by atoms with E-state index in [1.807, 2.05) is 12.1 Å². The zero-order chi connectivity index (χ0) is 10.4. The van der Waals surface area contributed by atoms with Gasteiger partial charge in [-0.2, -0.15) is 0 Å². The van der Waals surface area contributed by atoms with Crippen LogP contribution in [0.1, 0.15) is 38.2 Å². The zero-order valence-electron chi connectivity index (χ0n) is 8.59. The number of rotatable bonds is 5. The first-order chi connectivity index (χ1) is 6.74. The van der Waals surface area contributed by atoms with Gasteiger partial charge in [-0.15, -0.1) is 0 Å². The molecule has 0 spiro atoms. The molecule has 0 bridgehead atoms. The van der Waals surface area contributed by atoms with E-state index in [1.54, 1.807) is 6.07 Å². The molecule has 1 aromatic carbocycles. The number of aryl methyl sites for hydroxylation is 1.